The van der Waals surface area contributed by atoms with Crippen LogP contribution in [-0.4, -0.2) is 22.8 Å². The molecular weight excluding hydrogens is 196 g/mol. The van der Waals surface area contributed by atoms with Crippen molar-refractivity contribution in [3.63, 3.8) is 0 Å². The van der Waals surface area contributed by atoms with Crippen LogP contribution in [0.25, 0.3) is 0 Å². The van der Waals surface area contributed by atoms with E-state index >= 15 is 0 Å². The molecule has 0 radical (unpaired) electrons. The van der Waals surface area contributed by atoms with Gasteiger partial charge in [-0.15, -0.1) is 0 Å². The molecule has 1 aliphatic rings. The van der Waals surface area contributed by atoms with Gasteiger partial charge in [-0.1, -0.05) is 0 Å². The minimum absolute atomic E-state index is 0.221. The Hall–Kier alpha value is -1.55. The van der Waals surface area contributed by atoms with E-state index < -0.39 is 12.1 Å². The maximum atomic E-state index is 10.9. The van der Waals surface area contributed by atoms with E-state index in [-0.39, 0.29) is 5.56 Å². The summed E-state index contributed by atoms with van der Waals surface area (Å²) in [6.45, 7) is 2.17. The summed E-state index contributed by atoms with van der Waals surface area (Å²) in [4.78, 5) is 10.9. The lowest BCUT2D eigenvalue weighted by molar-refractivity contribution is 0.0694. The first-order chi connectivity index (χ1) is 7.11. The maximum absolute atomic E-state index is 10.9. The number of aliphatic hydroxyl groups is 1. The average Bonchev–Trinajstić information content (AvgIpc) is 2.17. The molecule has 0 saturated heterocycles. The van der Waals surface area contributed by atoms with Crippen molar-refractivity contribution in [2.24, 2.45) is 0 Å². The third-order valence-electron chi connectivity index (χ3n) is 2.69. The summed E-state index contributed by atoms with van der Waals surface area (Å²) in [5.74, 6) is -0.385. The van der Waals surface area contributed by atoms with Crippen molar-refractivity contribution in [1.82, 2.24) is 0 Å². The highest BCUT2D eigenvalue weighted by atomic mass is 16.5. The fraction of sp³-hybridized carbons (Fsp3) is 0.364. The molecule has 2 rings (SSSR count). The quantitative estimate of drug-likeness (QED) is 0.734. The third-order valence-corrected chi connectivity index (χ3v) is 2.69. The van der Waals surface area contributed by atoms with E-state index in [0.717, 1.165) is 0 Å². The highest BCUT2D eigenvalue weighted by Crippen LogP contribution is 2.35. The lowest BCUT2D eigenvalue weighted by atomic mass is 9.94. The summed E-state index contributed by atoms with van der Waals surface area (Å²) in [6, 6.07) is 3.11. The van der Waals surface area contributed by atoms with Gasteiger partial charge in [-0.25, -0.2) is 4.79 Å². The van der Waals surface area contributed by atoms with E-state index in [2.05, 4.69) is 0 Å². The van der Waals surface area contributed by atoms with E-state index in [1.165, 1.54) is 6.07 Å². The van der Waals surface area contributed by atoms with E-state index in [4.69, 9.17) is 9.84 Å². The Kier molecular flexibility index (Phi) is 2.36. The van der Waals surface area contributed by atoms with Crippen molar-refractivity contribution in [3.8, 4) is 5.75 Å². The van der Waals surface area contributed by atoms with Crippen LogP contribution in [-0.2, 0) is 0 Å². The number of aliphatic hydroxyl groups excluding tert-OH is 1. The Morgan fingerprint density at radius 1 is 1.53 bits per heavy atom. The van der Waals surface area contributed by atoms with Gasteiger partial charge in [0.15, 0.2) is 0 Å². The molecule has 0 spiro atoms. The number of benzene rings is 1. The van der Waals surface area contributed by atoms with Gasteiger partial charge in [0.25, 0.3) is 0 Å². The summed E-state index contributed by atoms with van der Waals surface area (Å²) in [7, 11) is 0. The topological polar surface area (TPSA) is 66.8 Å². The van der Waals surface area contributed by atoms with Gasteiger partial charge in [0.05, 0.1) is 18.3 Å². The highest BCUT2D eigenvalue weighted by Gasteiger charge is 2.24. The first kappa shape index (κ1) is 9.98. The summed E-state index contributed by atoms with van der Waals surface area (Å²) in [6.07, 6.45) is -0.107. The number of rotatable bonds is 1. The molecule has 0 fully saturated rings. The molecule has 1 heterocycles. The van der Waals surface area contributed by atoms with Gasteiger partial charge in [-0.05, 0) is 24.6 Å². The van der Waals surface area contributed by atoms with E-state index in [9.17, 15) is 9.90 Å². The number of aromatic carboxylic acids is 1. The fourth-order valence-electron chi connectivity index (χ4n) is 1.90. The minimum atomic E-state index is -0.979. The predicted octanol–water partition coefficient (Wildman–Crippen LogP) is 1.51. The van der Waals surface area contributed by atoms with Gasteiger partial charge in [0.2, 0.25) is 0 Å². The largest absolute Gasteiger partial charge is 0.493 e. The zero-order chi connectivity index (χ0) is 11.0. The lowest BCUT2D eigenvalue weighted by Gasteiger charge is -2.24. The summed E-state index contributed by atoms with van der Waals surface area (Å²) in [5.41, 5.74) is 1.42. The first-order valence-corrected chi connectivity index (χ1v) is 4.79. The molecule has 1 aliphatic heterocycles. The van der Waals surface area contributed by atoms with Crippen LogP contribution in [0.1, 0.15) is 34.0 Å². The van der Waals surface area contributed by atoms with E-state index in [1.807, 2.05) is 0 Å². The van der Waals surface area contributed by atoms with Crippen LogP contribution in [0.5, 0.6) is 5.75 Å². The number of hydrogen-bond donors (Lipinski definition) is 2. The van der Waals surface area contributed by atoms with Crippen molar-refractivity contribution in [1.29, 1.82) is 0 Å². The van der Waals surface area contributed by atoms with Crippen molar-refractivity contribution >= 4 is 5.97 Å². The number of hydrogen-bond acceptors (Lipinski definition) is 3. The van der Waals surface area contributed by atoms with Gasteiger partial charge >= 0.3 is 5.97 Å². The van der Waals surface area contributed by atoms with Crippen molar-refractivity contribution in [2.45, 2.75) is 19.4 Å². The van der Waals surface area contributed by atoms with Crippen LogP contribution in [0, 0.1) is 6.92 Å². The molecule has 4 heteroatoms. The second-order valence-electron chi connectivity index (χ2n) is 3.61. The summed E-state index contributed by atoms with van der Waals surface area (Å²) < 4.78 is 5.36. The Labute approximate surface area is 87.1 Å². The number of ether oxygens (including phenoxy) is 1. The van der Waals surface area contributed by atoms with Gasteiger partial charge in [-0.3, -0.25) is 0 Å². The molecule has 0 aromatic heterocycles. The minimum Gasteiger partial charge on any atom is -0.493 e. The molecule has 0 amide bonds. The van der Waals surface area contributed by atoms with Crippen LogP contribution in [0.3, 0.4) is 0 Å². The molecule has 1 aromatic carbocycles. The van der Waals surface area contributed by atoms with Crippen molar-refractivity contribution < 1.29 is 19.7 Å². The van der Waals surface area contributed by atoms with Crippen LogP contribution in [0.2, 0.25) is 0 Å². The Bertz CT molecular complexity index is 411. The Balaban J connectivity index is 2.59. The third kappa shape index (κ3) is 1.57. The normalized spacial score (nSPS) is 19.2. The second-order valence-corrected chi connectivity index (χ2v) is 3.61. The Morgan fingerprint density at radius 2 is 2.27 bits per heavy atom. The molecule has 0 saturated carbocycles. The van der Waals surface area contributed by atoms with Crippen molar-refractivity contribution in [2.75, 3.05) is 6.61 Å². The maximum Gasteiger partial charge on any atom is 0.335 e. The van der Waals surface area contributed by atoms with Crippen LogP contribution in [0.15, 0.2) is 12.1 Å². The molecule has 2 N–H and O–H groups in total. The molecule has 1 atom stereocenters. The van der Waals surface area contributed by atoms with Gasteiger partial charge in [0, 0.05) is 12.0 Å². The molecule has 1 unspecified atom stereocenters. The predicted molar refractivity (Wildman–Crippen MR) is 53.2 cm³/mol. The molecule has 80 valence electrons. The lowest BCUT2D eigenvalue weighted by Crippen LogP contribution is -2.16. The smallest absolute Gasteiger partial charge is 0.335 e. The van der Waals surface area contributed by atoms with Crippen molar-refractivity contribution in [3.05, 3.63) is 28.8 Å². The zero-order valence-corrected chi connectivity index (χ0v) is 8.36. The fourth-order valence-corrected chi connectivity index (χ4v) is 1.90. The van der Waals surface area contributed by atoms with Crippen LogP contribution >= 0.6 is 0 Å². The highest BCUT2D eigenvalue weighted by molar-refractivity contribution is 5.90. The van der Waals surface area contributed by atoms with E-state index in [0.29, 0.717) is 29.9 Å². The summed E-state index contributed by atoms with van der Waals surface area (Å²) in [5, 5.41) is 18.7. The number of carboxylic acids is 1. The standard InChI is InChI=1S/C11H12O4/c1-6-7(11(13)14)2-3-9-10(6)8(12)4-5-15-9/h2-3,8,12H,4-5H2,1H3,(H,13,14). The Morgan fingerprint density at radius 3 is 2.93 bits per heavy atom. The molecule has 4 nitrogen and oxygen atoms in total. The number of fused-ring (bicyclic) bond motifs is 1. The summed E-state index contributed by atoms with van der Waals surface area (Å²) >= 11 is 0. The molecule has 1 aromatic rings. The van der Waals surface area contributed by atoms with Gasteiger partial charge in [-0.2, -0.15) is 0 Å². The number of carbonyl (C=O) groups is 1. The average molecular weight is 208 g/mol. The molecular formula is C11H12O4. The van der Waals surface area contributed by atoms with Gasteiger partial charge in [0.1, 0.15) is 5.75 Å². The van der Waals surface area contributed by atoms with Crippen LogP contribution in [0.4, 0.5) is 0 Å². The molecule has 0 aliphatic carbocycles. The van der Waals surface area contributed by atoms with Crippen LogP contribution < -0.4 is 4.74 Å². The second kappa shape index (κ2) is 3.55. The zero-order valence-electron chi connectivity index (χ0n) is 8.36. The first-order valence-electron chi connectivity index (χ1n) is 4.79. The number of carboxylic acid groups (broad SMARTS) is 1. The molecule has 15 heavy (non-hydrogen) atoms. The van der Waals surface area contributed by atoms with E-state index in [1.54, 1.807) is 13.0 Å². The van der Waals surface area contributed by atoms with Gasteiger partial charge < -0.3 is 14.9 Å². The monoisotopic (exact) mass is 208 g/mol. The molecule has 0 bridgehead atoms. The SMILES string of the molecule is Cc1c(C(=O)O)ccc2c1C(O)CCO2.